The highest BCUT2D eigenvalue weighted by atomic mass is 16.6. The van der Waals surface area contributed by atoms with Crippen LogP contribution in [0.5, 0.6) is 11.5 Å². The zero-order chi connectivity index (χ0) is 13.1. The minimum atomic E-state index is -0.0245. The maximum atomic E-state index is 11.3. The van der Waals surface area contributed by atoms with Gasteiger partial charge < -0.3 is 14.8 Å². The van der Waals surface area contributed by atoms with Gasteiger partial charge in [-0.2, -0.15) is 0 Å². The van der Waals surface area contributed by atoms with Crippen LogP contribution in [0.15, 0.2) is 18.2 Å². The Balaban J connectivity index is 2.27. The van der Waals surface area contributed by atoms with Crippen molar-refractivity contribution in [2.24, 2.45) is 5.92 Å². The Kier molecular flexibility index (Phi) is 3.75. The van der Waals surface area contributed by atoms with E-state index in [1.807, 2.05) is 18.2 Å². The van der Waals surface area contributed by atoms with Crippen LogP contribution in [0.1, 0.15) is 32.4 Å². The Morgan fingerprint density at radius 1 is 1.22 bits per heavy atom. The number of carbonyl (C=O) groups excluding carboxylic acids is 1. The highest BCUT2D eigenvalue weighted by Crippen LogP contribution is 2.34. The lowest BCUT2D eigenvalue weighted by Crippen LogP contribution is -2.29. The average Bonchev–Trinajstić information content (AvgIpc) is 2.35. The molecular formula is C14H19NO3. The van der Waals surface area contributed by atoms with E-state index < -0.39 is 0 Å². The van der Waals surface area contributed by atoms with Crippen molar-refractivity contribution in [1.82, 2.24) is 5.32 Å². The molecule has 0 bridgehead atoms. The van der Waals surface area contributed by atoms with E-state index in [0.717, 1.165) is 17.1 Å². The van der Waals surface area contributed by atoms with Crippen molar-refractivity contribution in [3.63, 3.8) is 0 Å². The first-order valence-corrected chi connectivity index (χ1v) is 6.24. The van der Waals surface area contributed by atoms with E-state index >= 15 is 0 Å². The van der Waals surface area contributed by atoms with Gasteiger partial charge >= 0.3 is 0 Å². The minimum absolute atomic E-state index is 0.00155. The molecule has 1 N–H and O–H groups in total. The summed E-state index contributed by atoms with van der Waals surface area (Å²) in [5, 5.41) is 2.97. The molecule has 0 saturated heterocycles. The van der Waals surface area contributed by atoms with Crippen molar-refractivity contribution in [1.29, 1.82) is 0 Å². The molecule has 1 unspecified atom stereocenters. The summed E-state index contributed by atoms with van der Waals surface area (Å²) < 4.78 is 11.0. The van der Waals surface area contributed by atoms with Gasteiger partial charge in [0.1, 0.15) is 13.2 Å². The number of amides is 1. The van der Waals surface area contributed by atoms with Crippen LogP contribution < -0.4 is 14.8 Å². The van der Waals surface area contributed by atoms with Gasteiger partial charge in [0.25, 0.3) is 0 Å². The number of hydrogen-bond acceptors (Lipinski definition) is 3. The van der Waals surface area contributed by atoms with Gasteiger partial charge in [0.15, 0.2) is 11.5 Å². The predicted molar refractivity (Wildman–Crippen MR) is 68.8 cm³/mol. The van der Waals surface area contributed by atoms with Crippen LogP contribution >= 0.6 is 0 Å². The molecule has 0 saturated carbocycles. The van der Waals surface area contributed by atoms with Crippen LogP contribution in [-0.2, 0) is 4.79 Å². The predicted octanol–water partition coefficient (Wildman–Crippen LogP) is 2.29. The smallest absolute Gasteiger partial charge is 0.217 e. The first-order valence-electron chi connectivity index (χ1n) is 6.24. The molecule has 4 heteroatoms. The third kappa shape index (κ3) is 2.75. The Morgan fingerprint density at radius 2 is 1.89 bits per heavy atom. The Morgan fingerprint density at radius 3 is 2.50 bits per heavy atom. The highest BCUT2D eigenvalue weighted by Gasteiger charge is 2.20. The average molecular weight is 249 g/mol. The van der Waals surface area contributed by atoms with E-state index in [-0.39, 0.29) is 11.9 Å². The van der Waals surface area contributed by atoms with Crippen LogP contribution in [0.2, 0.25) is 0 Å². The van der Waals surface area contributed by atoms with Gasteiger partial charge in [0.2, 0.25) is 5.91 Å². The third-order valence-corrected chi connectivity index (χ3v) is 2.95. The summed E-state index contributed by atoms with van der Waals surface area (Å²) in [5.74, 6) is 1.82. The summed E-state index contributed by atoms with van der Waals surface area (Å²) in [7, 11) is 0. The highest BCUT2D eigenvalue weighted by molar-refractivity contribution is 5.73. The SMILES string of the molecule is CC(=O)NC(c1ccc2c(c1)OCCO2)C(C)C. The number of ether oxygens (including phenoxy) is 2. The monoisotopic (exact) mass is 249 g/mol. The lowest BCUT2D eigenvalue weighted by atomic mass is 9.95. The zero-order valence-corrected chi connectivity index (χ0v) is 11.0. The van der Waals surface area contributed by atoms with Gasteiger partial charge in [0.05, 0.1) is 6.04 Å². The molecule has 1 aromatic carbocycles. The van der Waals surface area contributed by atoms with Crippen molar-refractivity contribution in [2.75, 3.05) is 13.2 Å². The fourth-order valence-electron chi connectivity index (χ4n) is 2.11. The fourth-order valence-corrected chi connectivity index (χ4v) is 2.11. The third-order valence-electron chi connectivity index (χ3n) is 2.95. The van der Waals surface area contributed by atoms with E-state index in [1.54, 1.807) is 0 Å². The summed E-state index contributed by atoms with van der Waals surface area (Å²) in [6, 6.07) is 5.84. The van der Waals surface area contributed by atoms with Crippen molar-refractivity contribution in [3.8, 4) is 11.5 Å². The summed E-state index contributed by atoms with van der Waals surface area (Å²) in [6.45, 7) is 6.86. The molecule has 1 amide bonds. The molecular weight excluding hydrogens is 230 g/mol. The van der Waals surface area contributed by atoms with Crippen LogP contribution in [-0.4, -0.2) is 19.1 Å². The molecule has 0 aliphatic carbocycles. The van der Waals surface area contributed by atoms with Gasteiger partial charge in [-0.15, -0.1) is 0 Å². The molecule has 1 aromatic rings. The number of benzene rings is 1. The normalized spacial score (nSPS) is 15.3. The van der Waals surface area contributed by atoms with Gasteiger partial charge in [-0.3, -0.25) is 4.79 Å². The number of hydrogen-bond donors (Lipinski definition) is 1. The Hall–Kier alpha value is -1.71. The lowest BCUT2D eigenvalue weighted by Gasteiger charge is -2.25. The van der Waals surface area contributed by atoms with Crippen molar-refractivity contribution >= 4 is 5.91 Å². The van der Waals surface area contributed by atoms with Gasteiger partial charge in [-0.05, 0) is 23.6 Å². The first-order chi connectivity index (χ1) is 8.58. The molecule has 0 spiro atoms. The summed E-state index contributed by atoms with van der Waals surface area (Å²) in [5.41, 5.74) is 1.05. The fraction of sp³-hybridized carbons (Fsp3) is 0.500. The minimum Gasteiger partial charge on any atom is -0.486 e. The second-order valence-electron chi connectivity index (χ2n) is 4.83. The molecule has 18 heavy (non-hydrogen) atoms. The van der Waals surface area contributed by atoms with E-state index in [4.69, 9.17) is 9.47 Å². The molecule has 0 fully saturated rings. The van der Waals surface area contributed by atoms with E-state index in [0.29, 0.717) is 19.1 Å². The second-order valence-corrected chi connectivity index (χ2v) is 4.83. The number of fused-ring (bicyclic) bond motifs is 1. The molecule has 1 heterocycles. The van der Waals surface area contributed by atoms with Crippen LogP contribution in [0, 0.1) is 5.92 Å². The summed E-state index contributed by atoms with van der Waals surface area (Å²) in [4.78, 5) is 11.3. The second kappa shape index (κ2) is 5.29. The molecule has 1 aliphatic heterocycles. The molecule has 2 rings (SSSR count). The van der Waals surface area contributed by atoms with Crippen molar-refractivity contribution in [3.05, 3.63) is 23.8 Å². The number of rotatable bonds is 3. The quantitative estimate of drug-likeness (QED) is 0.894. The van der Waals surface area contributed by atoms with Crippen LogP contribution in [0.25, 0.3) is 0 Å². The molecule has 98 valence electrons. The number of carbonyl (C=O) groups is 1. The Bertz CT molecular complexity index is 443. The lowest BCUT2D eigenvalue weighted by molar-refractivity contribution is -0.120. The Labute approximate surface area is 107 Å². The van der Waals surface area contributed by atoms with Crippen molar-refractivity contribution in [2.45, 2.75) is 26.8 Å². The molecule has 1 atom stereocenters. The maximum absolute atomic E-state index is 11.3. The first kappa shape index (κ1) is 12.7. The summed E-state index contributed by atoms with van der Waals surface area (Å²) >= 11 is 0. The largest absolute Gasteiger partial charge is 0.486 e. The molecule has 4 nitrogen and oxygen atoms in total. The maximum Gasteiger partial charge on any atom is 0.217 e. The number of nitrogens with one attached hydrogen (secondary N) is 1. The molecule has 0 radical (unpaired) electrons. The standard InChI is InChI=1S/C14H19NO3/c1-9(2)14(15-10(3)16)11-4-5-12-13(8-11)18-7-6-17-12/h4-5,8-9,14H,6-7H2,1-3H3,(H,15,16). The summed E-state index contributed by atoms with van der Waals surface area (Å²) in [6.07, 6.45) is 0. The zero-order valence-electron chi connectivity index (χ0n) is 11.0. The van der Waals surface area contributed by atoms with Crippen LogP contribution in [0.4, 0.5) is 0 Å². The molecule has 0 aromatic heterocycles. The topological polar surface area (TPSA) is 47.6 Å². The van der Waals surface area contributed by atoms with E-state index in [9.17, 15) is 4.79 Å². The van der Waals surface area contributed by atoms with Gasteiger partial charge in [-0.25, -0.2) is 0 Å². The van der Waals surface area contributed by atoms with E-state index in [2.05, 4.69) is 19.2 Å². The van der Waals surface area contributed by atoms with Crippen LogP contribution in [0.3, 0.4) is 0 Å². The van der Waals surface area contributed by atoms with E-state index in [1.165, 1.54) is 6.92 Å². The van der Waals surface area contributed by atoms with Crippen molar-refractivity contribution < 1.29 is 14.3 Å². The molecule has 1 aliphatic rings. The van der Waals surface area contributed by atoms with Gasteiger partial charge in [0, 0.05) is 6.92 Å². The van der Waals surface area contributed by atoms with Gasteiger partial charge in [-0.1, -0.05) is 19.9 Å².